The first-order valence-corrected chi connectivity index (χ1v) is 11.2. The van der Waals surface area contributed by atoms with E-state index in [1.807, 2.05) is 24.3 Å². The van der Waals surface area contributed by atoms with Gasteiger partial charge in [0.25, 0.3) is 0 Å². The molecule has 0 bridgehead atoms. The highest BCUT2D eigenvalue weighted by Gasteiger charge is 2.42. The Morgan fingerprint density at radius 3 is 2.75 bits per heavy atom. The van der Waals surface area contributed by atoms with Crippen LogP contribution in [-0.2, 0) is 4.74 Å². The summed E-state index contributed by atoms with van der Waals surface area (Å²) in [6, 6.07) is 12.8. The molecule has 0 aromatic heterocycles. The molecule has 0 aliphatic carbocycles. The lowest BCUT2D eigenvalue weighted by molar-refractivity contribution is 0.0778. The third-order valence-electron chi connectivity index (χ3n) is 6.09. The predicted molar refractivity (Wildman–Crippen MR) is 124 cm³/mol. The molecule has 0 radical (unpaired) electrons. The molecule has 1 atom stereocenters. The van der Waals surface area contributed by atoms with Crippen LogP contribution in [0.5, 0.6) is 11.5 Å². The topological polar surface area (TPSA) is 83.4 Å². The van der Waals surface area contributed by atoms with Gasteiger partial charge in [-0.05, 0) is 31.2 Å². The second-order valence-corrected chi connectivity index (χ2v) is 8.52. The van der Waals surface area contributed by atoms with E-state index >= 15 is 0 Å². The van der Waals surface area contributed by atoms with Crippen molar-refractivity contribution in [3.8, 4) is 11.5 Å². The van der Waals surface area contributed by atoms with Gasteiger partial charge in [0.05, 0.1) is 13.7 Å². The van der Waals surface area contributed by atoms with Crippen molar-refractivity contribution >= 4 is 23.4 Å². The second kappa shape index (κ2) is 9.38. The minimum absolute atomic E-state index is 0.0776. The minimum atomic E-state index is -0.573. The highest BCUT2D eigenvalue weighted by atomic mass is 35.5. The van der Waals surface area contributed by atoms with E-state index in [1.54, 1.807) is 37.1 Å². The van der Waals surface area contributed by atoms with Gasteiger partial charge in [-0.3, -0.25) is 10.3 Å². The summed E-state index contributed by atoms with van der Waals surface area (Å²) in [4.78, 5) is 19.0. The van der Waals surface area contributed by atoms with Gasteiger partial charge in [-0.15, -0.1) is 0 Å². The maximum atomic E-state index is 12.2. The number of carbonyl (C=O) groups excluding carboxylic acids is 1. The first-order chi connectivity index (χ1) is 15.4. The summed E-state index contributed by atoms with van der Waals surface area (Å²) in [6.07, 6.45) is 1.53. The number of nitrogens with zero attached hydrogens (tertiary/aromatic N) is 2. The third kappa shape index (κ3) is 4.54. The van der Waals surface area contributed by atoms with E-state index in [9.17, 15) is 9.90 Å². The molecule has 2 aliphatic rings. The molecule has 1 fully saturated rings. The Morgan fingerprint density at radius 2 is 2.03 bits per heavy atom. The van der Waals surface area contributed by atoms with Gasteiger partial charge in [0.15, 0.2) is 0 Å². The number of benzene rings is 2. The number of carbonyl (C=O) groups is 1. The van der Waals surface area contributed by atoms with Crippen LogP contribution in [0, 0.1) is 0 Å². The van der Waals surface area contributed by atoms with Gasteiger partial charge in [-0.2, -0.15) is 0 Å². The van der Waals surface area contributed by atoms with Gasteiger partial charge in [0, 0.05) is 60.3 Å². The summed E-state index contributed by atoms with van der Waals surface area (Å²) in [7, 11) is 1.66. The third-order valence-corrected chi connectivity index (χ3v) is 6.32. The fraction of sp³-hybridized carbons (Fsp3) is 0.417. The van der Waals surface area contributed by atoms with E-state index in [-0.39, 0.29) is 17.9 Å². The van der Waals surface area contributed by atoms with Gasteiger partial charge >= 0.3 is 6.09 Å². The van der Waals surface area contributed by atoms with Gasteiger partial charge in [0.1, 0.15) is 17.2 Å². The molecule has 2 aromatic rings. The van der Waals surface area contributed by atoms with Crippen LogP contribution in [0.3, 0.4) is 0 Å². The molecule has 7 nitrogen and oxygen atoms in total. The molecule has 32 heavy (non-hydrogen) atoms. The van der Waals surface area contributed by atoms with Crippen LogP contribution in [0.2, 0.25) is 5.02 Å². The molecular formula is C24H28ClN3O4. The predicted octanol–water partition coefficient (Wildman–Crippen LogP) is 4.53. The van der Waals surface area contributed by atoms with Crippen molar-refractivity contribution in [1.82, 2.24) is 10.2 Å². The number of para-hydroxylation sites is 1. The Hall–Kier alpha value is -2.77. The number of phenolic OH excluding ortho intramolecular Hbond substituents is 1. The van der Waals surface area contributed by atoms with Crippen LogP contribution in [0.4, 0.5) is 4.79 Å². The van der Waals surface area contributed by atoms with Crippen molar-refractivity contribution in [2.24, 2.45) is 4.99 Å². The molecular weight excluding hydrogens is 430 g/mol. The lowest BCUT2D eigenvalue weighted by Gasteiger charge is -2.45. The lowest BCUT2D eigenvalue weighted by Crippen LogP contribution is -2.56. The number of aromatic hydroxyl groups is 1. The molecule has 1 saturated heterocycles. The number of nitrogens with one attached hydrogen (secondary N) is 1. The summed E-state index contributed by atoms with van der Waals surface area (Å²) < 4.78 is 10.8. The molecule has 0 saturated carbocycles. The summed E-state index contributed by atoms with van der Waals surface area (Å²) in [5.41, 5.74) is 1.86. The smallest absolute Gasteiger partial charge is 0.409 e. The number of amides is 1. The molecule has 0 unspecified atom stereocenters. The van der Waals surface area contributed by atoms with Crippen molar-refractivity contribution in [3.05, 3.63) is 58.6 Å². The number of aliphatic imine (C=N–C) groups is 1. The maximum Gasteiger partial charge on any atom is 0.409 e. The number of methoxy groups -OCH3 is 1. The molecule has 2 heterocycles. The number of halogens is 1. The molecule has 4 rings (SSSR count). The van der Waals surface area contributed by atoms with E-state index in [1.165, 1.54) is 0 Å². The number of piperidine rings is 1. The molecule has 2 aliphatic heterocycles. The second-order valence-electron chi connectivity index (χ2n) is 8.08. The molecule has 170 valence electrons. The van der Waals surface area contributed by atoms with E-state index in [0.29, 0.717) is 49.5 Å². The monoisotopic (exact) mass is 457 g/mol. The van der Waals surface area contributed by atoms with E-state index in [2.05, 4.69) is 5.32 Å². The Bertz CT molecular complexity index is 1020. The van der Waals surface area contributed by atoms with Gasteiger partial charge in [-0.25, -0.2) is 4.79 Å². The van der Waals surface area contributed by atoms with Gasteiger partial charge < -0.3 is 19.5 Å². The largest absolute Gasteiger partial charge is 0.507 e. The summed E-state index contributed by atoms with van der Waals surface area (Å²) in [5, 5.41) is 14.8. The van der Waals surface area contributed by atoms with Crippen LogP contribution >= 0.6 is 11.6 Å². The number of rotatable bonds is 4. The zero-order valence-electron chi connectivity index (χ0n) is 18.3. The molecule has 2 N–H and O–H groups in total. The number of ether oxygens (including phenoxy) is 2. The van der Waals surface area contributed by atoms with Gasteiger partial charge in [-0.1, -0.05) is 29.8 Å². The van der Waals surface area contributed by atoms with Crippen molar-refractivity contribution in [1.29, 1.82) is 0 Å². The van der Waals surface area contributed by atoms with Crippen LogP contribution in [0.15, 0.2) is 47.5 Å². The number of likely N-dealkylation sites (tertiary alicyclic amines) is 1. The summed E-state index contributed by atoms with van der Waals surface area (Å²) in [6.45, 7) is 3.22. The van der Waals surface area contributed by atoms with Crippen molar-refractivity contribution in [2.45, 2.75) is 37.9 Å². The first-order valence-electron chi connectivity index (χ1n) is 10.8. The highest BCUT2D eigenvalue weighted by Crippen LogP contribution is 2.39. The average molecular weight is 458 g/mol. The van der Waals surface area contributed by atoms with Crippen LogP contribution in [-0.4, -0.2) is 54.3 Å². The minimum Gasteiger partial charge on any atom is -0.507 e. The van der Waals surface area contributed by atoms with E-state index < -0.39 is 5.66 Å². The quantitative estimate of drug-likeness (QED) is 0.704. The Kier molecular flexibility index (Phi) is 6.58. The summed E-state index contributed by atoms with van der Waals surface area (Å²) >= 11 is 6.24. The Balaban J connectivity index is 1.70. The average Bonchev–Trinajstić information content (AvgIpc) is 2.81. The highest BCUT2D eigenvalue weighted by molar-refractivity contribution is 6.31. The Labute approximate surface area is 193 Å². The van der Waals surface area contributed by atoms with Gasteiger partial charge in [0.2, 0.25) is 0 Å². The zero-order valence-corrected chi connectivity index (χ0v) is 19.1. The van der Waals surface area contributed by atoms with Crippen LogP contribution in [0.25, 0.3) is 0 Å². The van der Waals surface area contributed by atoms with E-state index in [4.69, 9.17) is 26.1 Å². The molecule has 2 aromatic carbocycles. The number of hydrogen-bond donors (Lipinski definition) is 2. The fourth-order valence-electron chi connectivity index (χ4n) is 4.49. The standard InChI is InChI=1S/C24H28ClN3O4/c1-3-32-23(30)28-12-10-24(11-13-28)26-19(17-6-4-5-7-22(17)31-2)15-20(27-24)18-14-16(25)8-9-21(18)29/h4-9,14,19,26,29H,3,10-13,15H2,1-2H3/t19-/m1/s1. The van der Waals surface area contributed by atoms with E-state index in [0.717, 1.165) is 17.0 Å². The van der Waals surface area contributed by atoms with Crippen LogP contribution < -0.4 is 10.1 Å². The number of hydrogen-bond acceptors (Lipinski definition) is 6. The molecule has 1 amide bonds. The SMILES string of the molecule is CCOC(=O)N1CCC2(CC1)N=C(c1cc(Cl)ccc1O)C[C@H](c1ccccc1OC)N2. The zero-order chi connectivity index (χ0) is 22.7. The fourth-order valence-corrected chi connectivity index (χ4v) is 4.66. The van der Waals surface area contributed by atoms with Crippen LogP contribution in [0.1, 0.15) is 43.4 Å². The maximum absolute atomic E-state index is 12.2. The number of phenols is 1. The Morgan fingerprint density at radius 1 is 1.28 bits per heavy atom. The lowest BCUT2D eigenvalue weighted by atomic mass is 9.87. The van der Waals surface area contributed by atoms with Crippen molar-refractivity contribution < 1.29 is 19.4 Å². The summed E-state index contributed by atoms with van der Waals surface area (Å²) in [5.74, 6) is 0.939. The molecule has 1 spiro atoms. The van der Waals surface area contributed by atoms with Crippen molar-refractivity contribution in [2.75, 3.05) is 26.8 Å². The van der Waals surface area contributed by atoms with Crippen molar-refractivity contribution in [3.63, 3.8) is 0 Å². The normalized spacial score (nSPS) is 20.0. The molecule has 8 heteroatoms. The first kappa shape index (κ1) is 22.4.